The van der Waals surface area contributed by atoms with Crippen molar-refractivity contribution in [3.8, 4) is 5.75 Å². The molecule has 0 aliphatic rings. The van der Waals surface area contributed by atoms with Gasteiger partial charge in [0.05, 0.1) is 6.61 Å². The number of amides is 1. The van der Waals surface area contributed by atoms with E-state index < -0.39 is 0 Å². The molecule has 0 atom stereocenters. The summed E-state index contributed by atoms with van der Waals surface area (Å²) in [6.45, 7) is 2.96. The molecule has 0 fully saturated rings. The third-order valence-corrected chi connectivity index (χ3v) is 2.87. The molecule has 1 aromatic carbocycles. The molecule has 0 aliphatic heterocycles. The first-order valence-electron chi connectivity index (χ1n) is 5.94. The molecule has 4 nitrogen and oxygen atoms in total. The Morgan fingerprint density at radius 1 is 1.44 bits per heavy atom. The van der Waals surface area contributed by atoms with Gasteiger partial charge in [0.2, 0.25) is 0 Å². The van der Waals surface area contributed by atoms with Crippen molar-refractivity contribution in [2.24, 2.45) is 0 Å². The lowest BCUT2D eigenvalue weighted by atomic mass is 10.3. The Balaban J connectivity index is 2.48. The Morgan fingerprint density at radius 3 is 2.83 bits per heavy atom. The maximum Gasteiger partial charge on any atom is 0.260 e. The molecule has 0 bridgehead atoms. The van der Waals surface area contributed by atoms with Crippen molar-refractivity contribution in [2.45, 2.75) is 13.3 Å². The van der Waals surface area contributed by atoms with Gasteiger partial charge in [-0.1, -0.05) is 28.9 Å². The maximum absolute atomic E-state index is 11.9. The third-order valence-electron chi connectivity index (χ3n) is 2.37. The number of benzene rings is 1. The molecule has 18 heavy (non-hydrogen) atoms. The van der Waals surface area contributed by atoms with Gasteiger partial charge >= 0.3 is 0 Å². The third kappa shape index (κ3) is 5.06. The summed E-state index contributed by atoms with van der Waals surface area (Å²) >= 11 is 3.34. The molecule has 1 rings (SSSR count). The van der Waals surface area contributed by atoms with Crippen LogP contribution in [-0.4, -0.2) is 42.2 Å². The number of aliphatic hydroxyl groups excluding tert-OH is 1. The van der Waals surface area contributed by atoms with E-state index in [0.717, 1.165) is 10.9 Å². The predicted molar refractivity (Wildman–Crippen MR) is 73.6 cm³/mol. The van der Waals surface area contributed by atoms with Crippen molar-refractivity contribution in [1.29, 1.82) is 0 Å². The molecular formula is C13H18BrNO3. The van der Waals surface area contributed by atoms with Crippen molar-refractivity contribution >= 4 is 21.8 Å². The number of hydrogen-bond donors (Lipinski definition) is 1. The van der Waals surface area contributed by atoms with E-state index in [-0.39, 0.29) is 19.1 Å². The van der Waals surface area contributed by atoms with Crippen LogP contribution in [0.4, 0.5) is 0 Å². The van der Waals surface area contributed by atoms with Gasteiger partial charge in [-0.05, 0) is 24.6 Å². The van der Waals surface area contributed by atoms with Crippen LogP contribution in [0.5, 0.6) is 5.75 Å². The number of carbonyl (C=O) groups is 1. The van der Waals surface area contributed by atoms with Crippen molar-refractivity contribution in [1.82, 2.24) is 4.90 Å². The lowest BCUT2D eigenvalue weighted by Gasteiger charge is -2.21. The van der Waals surface area contributed by atoms with Crippen LogP contribution in [-0.2, 0) is 4.79 Å². The average molecular weight is 316 g/mol. The van der Waals surface area contributed by atoms with E-state index in [0.29, 0.717) is 18.8 Å². The second-order valence-corrected chi connectivity index (χ2v) is 4.77. The molecule has 0 aliphatic carbocycles. The lowest BCUT2D eigenvalue weighted by Crippen LogP contribution is -2.37. The minimum Gasteiger partial charge on any atom is -0.484 e. The first-order chi connectivity index (χ1) is 8.67. The number of ether oxygens (including phenoxy) is 1. The quantitative estimate of drug-likeness (QED) is 0.838. The minimum absolute atomic E-state index is 0.00352. The van der Waals surface area contributed by atoms with Gasteiger partial charge in [-0.3, -0.25) is 4.79 Å². The van der Waals surface area contributed by atoms with Gasteiger partial charge in [0.1, 0.15) is 5.75 Å². The zero-order valence-corrected chi connectivity index (χ0v) is 12.0. The summed E-state index contributed by atoms with van der Waals surface area (Å²) in [6, 6.07) is 7.35. The monoisotopic (exact) mass is 315 g/mol. The van der Waals surface area contributed by atoms with Gasteiger partial charge in [-0.15, -0.1) is 0 Å². The Hall–Kier alpha value is -1.07. The molecule has 0 aromatic heterocycles. The Kier molecular flexibility index (Phi) is 6.75. The lowest BCUT2D eigenvalue weighted by molar-refractivity contribution is -0.133. The summed E-state index contributed by atoms with van der Waals surface area (Å²) in [5, 5.41) is 8.89. The number of hydrogen-bond acceptors (Lipinski definition) is 3. The van der Waals surface area contributed by atoms with Crippen molar-refractivity contribution in [3.63, 3.8) is 0 Å². The highest BCUT2D eigenvalue weighted by molar-refractivity contribution is 9.10. The van der Waals surface area contributed by atoms with E-state index in [1.807, 2.05) is 25.1 Å². The van der Waals surface area contributed by atoms with Gasteiger partial charge in [-0.25, -0.2) is 0 Å². The van der Waals surface area contributed by atoms with Crippen molar-refractivity contribution < 1.29 is 14.6 Å². The Morgan fingerprint density at radius 2 is 2.22 bits per heavy atom. The largest absolute Gasteiger partial charge is 0.484 e. The van der Waals surface area contributed by atoms with Crippen LogP contribution in [0.15, 0.2) is 28.7 Å². The summed E-state index contributed by atoms with van der Waals surface area (Å²) in [7, 11) is 0. The van der Waals surface area contributed by atoms with E-state index in [1.165, 1.54) is 0 Å². The highest BCUT2D eigenvalue weighted by Gasteiger charge is 2.12. The number of aliphatic hydroxyl groups is 1. The highest BCUT2D eigenvalue weighted by atomic mass is 79.9. The summed E-state index contributed by atoms with van der Waals surface area (Å²) in [5.74, 6) is 0.545. The molecule has 0 saturated heterocycles. The van der Waals surface area contributed by atoms with E-state index >= 15 is 0 Å². The first kappa shape index (κ1) is 15.0. The fraction of sp³-hybridized carbons (Fsp3) is 0.462. The summed E-state index contributed by atoms with van der Waals surface area (Å²) in [5.41, 5.74) is 0. The van der Waals surface area contributed by atoms with Crippen LogP contribution < -0.4 is 4.74 Å². The van der Waals surface area contributed by atoms with Crippen molar-refractivity contribution in [2.75, 3.05) is 26.3 Å². The molecule has 1 aromatic rings. The van der Waals surface area contributed by atoms with Gasteiger partial charge in [-0.2, -0.15) is 0 Å². The maximum atomic E-state index is 11.9. The smallest absolute Gasteiger partial charge is 0.260 e. The van der Waals surface area contributed by atoms with Crippen LogP contribution in [0.1, 0.15) is 13.3 Å². The highest BCUT2D eigenvalue weighted by Crippen LogP contribution is 2.17. The zero-order valence-electron chi connectivity index (χ0n) is 10.4. The Labute approximate surface area is 116 Å². The van der Waals surface area contributed by atoms with Crippen LogP contribution in [0.2, 0.25) is 0 Å². The van der Waals surface area contributed by atoms with Crippen LogP contribution in [0.3, 0.4) is 0 Å². The molecule has 0 heterocycles. The zero-order chi connectivity index (χ0) is 13.4. The topological polar surface area (TPSA) is 49.8 Å². The number of carbonyl (C=O) groups excluding carboxylic acids is 1. The van der Waals surface area contributed by atoms with E-state index in [9.17, 15) is 4.79 Å². The van der Waals surface area contributed by atoms with Crippen LogP contribution >= 0.6 is 15.9 Å². The van der Waals surface area contributed by atoms with Gasteiger partial charge in [0, 0.05) is 17.6 Å². The molecule has 0 spiro atoms. The molecule has 1 N–H and O–H groups in total. The molecule has 0 saturated carbocycles. The molecule has 100 valence electrons. The van der Waals surface area contributed by atoms with Gasteiger partial charge < -0.3 is 14.7 Å². The number of halogens is 1. The average Bonchev–Trinajstić information content (AvgIpc) is 2.36. The summed E-state index contributed by atoms with van der Waals surface area (Å²) in [6.07, 6.45) is 0.864. The molecule has 1 amide bonds. The fourth-order valence-corrected chi connectivity index (χ4v) is 1.92. The molecular weight excluding hydrogens is 298 g/mol. The predicted octanol–water partition coefficient (Wildman–Crippen LogP) is 2.06. The molecule has 0 radical (unpaired) electrons. The second-order valence-electron chi connectivity index (χ2n) is 3.85. The first-order valence-corrected chi connectivity index (χ1v) is 6.73. The van der Waals surface area contributed by atoms with Gasteiger partial charge in [0.25, 0.3) is 5.91 Å². The number of rotatable bonds is 7. The van der Waals surface area contributed by atoms with Gasteiger partial charge in [0.15, 0.2) is 6.61 Å². The molecule has 0 unspecified atom stereocenters. The number of nitrogens with zero attached hydrogens (tertiary/aromatic N) is 1. The Bertz CT molecular complexity index is 378. The van der Waals surface area contributed by atoms with E-state index in [1.54, 1.807) is 11.0 Å². The van der Waals surface area contributed by atoms with E-state index in [4.69, 9.17) is 9.84 Å². The molecule has 5 heteroatoms. The summed E-state index contributed by atoms with van der Waals surface area (Å²) in [4.78, 5) is 13.5. The normalized spacial score (nSPS) is 10.2. The second kappa shape index (κ2) is 8.11. The summed E-state index contributed by atoms with van der Waals surface area (Å²) < 4.78 is 6.33. The van der Waals surface area contributed by atoms with Crippen LogP contribution in [0, 0.1) is 0 Å². The van der Waals surface area contributed by atoms with Crippen molar-refractivity contribution in [3.05, 3.63) is 28.7 Å². The fourth-order valence-electron chi connectivity index (χ4n) is 1.54. The minimum atomic E-state index is -0.106. The SMILES string of the molecule is CCCN(CCO)C(=O)COc1cccc(Br)c1. The standard InChI is InChI=1S/C13H18BrNO3/c1-2-6-15(7-8-16)13(17)10-18-12-5-3-4-11(14)9-12/h3-5,9,16H,2,6-8,10H2,1H3. The van der Waals surface area contributed by atoms with E-state index in [2.05, 4.69) is 15.9 Å². The van der Waals surface area contributed by atoms with Crippen LogP contribution in [0.25, 0.3) is 0 Å².